The van der Waals surface area contributed by atoms with Crippen molar-refractivity contribution in [3.05, 3.63) is 41.5 Å². The Morgan fingerprint density at radius 1 is 1.13 bits per heavy atom. The van der Waals surface area contributed by atoms with E-state index >= 15 is 0 Å². The fourth-order valence-corrected chi connectivity index (χ4v) is 1.55. The summed E-state index contributed by atoms with van der Waals surface area (Å²) in [5.74, 6) is 1.57. The first-order chi connectivity index (χ1) is 7.33. The van der Waals surface area contributed by atoms with Gasteiger partial charge in [0.05, 0.1) is 0 Å². The van der Waals surface area contributed by atoms with Crippen molar-refractivity contribution in [1.29, 1.82) is 0 Å². The second-order valence-electron chi connectivity index (χ2n) is 3.41. The molecule has 1 heterocycles. The number of fused-ring (bicyclic) bond motifs is 1. The maximum absolute atomic E-state index is 11.1. The van der Waals surface area contributed by atoms with E-state index in [9.17, 15) is 4.79 Å². The number of rotatable bonds is 1. The van der Waals surface area contributed by atoms with Gasteiger partial charge in [-0.25, -0.2) is 0 Å². The highest BCUT2D eigenvalue weighted by Crippen LogP contribution is 2.33. The molecule has 3 rings (SSSR count). The lowest BCUT2D eigenvalue weighted by molar-refractivity contribution is -0.111. The van der Waals surface area contributed by atoms with E-state index in [4.69, 9.17) is 9.47 Å². The number of carbonyl (C=O) groups is 1. The molecule has 3 heteroatoms. The summed E-state index contributed by atoms with van der Waals surface area (Å²) in [6.07, 6.45) is 5.19. The number of ketones is 1. The van der Waals surface area contributed by atoms with Gasteiger partial charge in [-0.05, 0) is 35.9 Å². The summed E-state index contributed by atoms with van der Waals surface area (Å²) in [6, 6.07) is 5.62. The van der Waals surface area contributed by atoms with Crippen molar-refractivity contribution in [3.63, 3.8) is 0 Å². The van der Waals surface area contributed by atoms with Crippen molar-refractivity contribution >= 4 is 11.9 Å². The normalized spacial score (nSPS) is 19.5. The molecule has 0 saturated heterocycles. The number of benzene rings is 1. The quantitative estimate of drug-likeness (QED) is 0.650. The predicted molar refractivity (Wildman–Crippen MR) is 54.7 cm³/mol. The smallest absolute Gasteiger partial charge is 0.231 e. The van der Waals surface area contributed by atoms with E-state index in [1.54, 1.807) is 12.2 Å². The predicted octanol–water partition coefficient (Wildman–Crippen LogP) is 1.94. The van der Waals surface area contributed by atoms with Crippen molar-refractivity contribution in [2.45, 2.75) is 0 Å². The van der Waals surface area contributed by atoms with Gasteiger partial charge in [-0.3, -0.25) is 4.79 Å². The van der Waals surface area contributed by atoms with E-state index in [0.717, 1.165) is 22.6 Å². The van der Waals surface area contributed by atoms with Crippen LogP contribution in [0.3, 0.4) is 0 Å². The zero-order valence-electron chi connectivity index (χ0n) is 7.90. The lowest BCUT2D eigenvalue weighted by Gasteiger charge is -2.05. The fraction of sp³-hybridized carbons (Fsp3) is 0.0833. The zero-order chi connectivity index (χ0) is 10.3. The number of ether oxygens (including phenoxy) is 2. The second kappa shape index (κ2) is 2.98. The standard InChI is InChI=1S/C12H8O3/c13-10-3-2-9(10)5-8-1-4-11-12(6-8)15-7-14-11/h1-6H,7H2. The largest absolute Gasteiger partial charge is 0.454 e. The Bertz CT molecular complexity index is 498. The van der Waals surface area contributed by atoms with Gasteiger partial charge in [-0.1, -0.05) is 6.07 Å². The lowest BCUT2D eigenvalue weighted by atomic mass is 9.98. The Morgan fingerprint density at radius 2 is 2.00 bits per heavy atom. The summed E-state index contributed by atoms with van der Waals surface area (Å²) < 4.78 is 10.4. The van der Waals surface area contributed by atoms with E-state index in [-0.39, 0.29) is 12.6 Å². The summed E-state index contributed by atoms with van der Waals surface area (Å²) >= 11 is 0. The molecule has 0 saturated carbocycles. The third-order valence-corrected chi connectivity index (χ3v) is 2.42. The van der Waals surface area contributed by atoms with Crippen LogP contribution in [0, 0.1) is 0 Å². The van der Waals surface area contributed by atoms with E-state index < -0.39 is 0 Å². The average Bonchev–Trinajstić information content (AvgIpc) is 2.71. The molecule has 0 unspecified atom stereocenters. The highest BCUT2D eigenvalue weighted by atomic mass is 16.7. The Kier molecular flexibility index (Phi) is 1.65. The van der Waals surface area contributed by atoms with Gasteiger partial charge in [0.15, 0.2) is 17.3 Å². The fourth-order valence-electron chi connectivity index (χ4n) is 1.55. The molecule has 0 atom stereocenters. The molecular formula is C12H8O3. The van der Waals surface area contributed by atoms with Crippen LogP contribution in [0.2, 0.25) is 0 Å². The first kappa shape index (κ1) is 8.29. The minimum Gasteiger partial charge on any atom is -0.454 e. The van der Waals surface area contributed by atoms with Gasteiger partial charge in [0.2, 0.25) is 6.79 Å². The number of hydrogen-bond acceptors (Lipinski definition) is 3. The van der Waals surface area contributed by atoms with Crippen molar-refractivity contribution < 1.29 is 14.3 Å². The molecule has 3 nitrogen and oxygen atoms in total. The van der Waals surface area contributed by atoms with Gasteiger partial charge in [0.25, 0.3) is 0 Å². The van der Waals surface area contributed by atoms with Crippen LogP contribution >= 0.6 is 0 Å². The SMILES string of the molecule is O=C1C=CC1=Cc1ccc2c(c1)OCO2. The molecule has 15 heavy (non-hydrogen) atoms. The highest BCUT2D eigenvalue weighted by molar-refractivity contribution is 6.16. The van der Waals surface area contributed by atoms with E-state index in [0.29, 0.717) is 0 Å². The van der Waals surface area contributed by atoms with Gasteiger partial charge >= 0.3 is 0 Å². The van der Waals surface area contributed by atoms with Crippen LogP contribution in [0.5, 0.6) is 11.5 Å². The van der Waals surface area contributed by atoms with Crippen LogP contribution in [0.1, 0.15) is 5.56 Å². The molecule has 2 aliphatic rings. The molecule has 0 spiro atoms. The van der Waals surface area contributed by atoms with Crippen LogP contribution in [0.15, 0.2) is 35.9 Å². The number of hydrogen-bond donors (Lipinski definition) is 0. The van der Waals surface area contributed by atoms with Gasteiger partial charge < -0.3 is 9.47 Å². The Morgan fingerprint density at radius 3 is 2.73 bits per heavy atom. The average molecular weight is 200 g/mol. The Labute approximate surface area is 86.6 Å². The molecule has 1 aromatic carbocycles. The summed E-state index contributed by atoms with van der Waals surface area (Å²) in [7, 11) is 0. The Hall–Kier alpha value is -2.03. The summed E-state index contributed by atoms with van der Waals surface area (Å²) in [5, 5.41) is 0. The van der Waals surface area contributed by atoms with Crippen LogP contribution in [-0.4, -0.2) is 12.6 Å². The first-order valence-corrected chi connectivity index (χ1v) is 4.67. The molecule has 0 amide bonds. The van der Waals surface area contributed by atoms with Crippen LogP contribution < -0.4 is 9.47 Å². The summed E-state index contributed by atoms with van der Waals surface area (Å²) in [5.41, 5.74) is 1.68. The van der Waals surface area contributed by atoms with Crippen molar-refractivity contribution in [2.24, 2.45) is 0 Å². The molecule has 0 aromatic heterocycles. The highest BCUT2D eigenvalue weighted by Gasteiger charge is 2.14. The van der Waals surface area contributed by atoms with E-state index in [1.165, 1.54) is 0 Å². The van der Waals surface area contributed by atoms with Gasteiger partial charge in [-0.2, -0.15) is 0 Å². The molecule has 0 N–H and O–H groups in total. The molecule has 0 bridgehead atoms. The first-order valence-electron chi connectivity index (χ1n) is 4.67. The Balaban J connectivity index is 1.97. The molecule has 1 aromatic rings. The minimum atomic E-state index is 0.0765. The zero-order valence-corrected chi connectivity index (χ0v) is 7.90. The third-order valence-electron chi connectivity index (χ3n) is 2.42. The molecule has 1 aliphatic carbocycles. The van der Waals surface area contributed by atoms with Gasteiger partial charge in [0.1, 0.15) is 0 Å². The minimum absolute atomic E-state index is 0.0765. The van der Waals surface area contributed by atoms with Crippen molar-refractivity contribution in [1.82, 2.24) is 0 Å². The molecule has 0 fully saturated rings. The van der Waals surface area contributed by atoms with Gasteiger partial charge in [0, 0.05) is 5.57 Å². The van der Waals surface area contributed by atoms with Gasteiger partial charge in [-0.15, -0.1) is 0 Å². The van der Waals surface area contributed by atoms with Crippen molar-refractivity contribution in [2.75, 3.05) is 6.79 Å². The van der Waals surface area contributed by atoms with Crippen LogP contribution in [-0.2, 0) is 4.79 Å². The summed E-state index contributed by atoms with van der Waals surface area (Å²) in [4.78, 5) is 11.1. The summed E-state index contributed by atoms with van der Waals surface area (Å²) in [6.45, 7) is 0.272. The molecule has 74 valence electrons. The topological polar surface area (TPSA) is 35.5 Å². The van der Waals surface area contributed by atoms with Crippen LogP contribution in [0.25, 0.3) is 6.08 Å². The van der Waals surface area contributed by atoms with E-state index in [1.807, 2.05) is 24.3 Å². The third kappa shape index (κ3) is 1.32. The number of allylic oxidation sites excluding steroid dienone is 3. The maximum atomic E-state index is 11.1. The molecule has 1 aliphatic heterocycles. The molecular weight excluding hydrogens is 192 g/mol. The molecule has 0 radical (unpaired) electrons. The lowest BCUT2D eigenvalue weighted by Crippen LogP contribution is -2.04. The monoisotopic (exact) mass is 200 g/mol. The van der Waals surface area contributed by atoms with Crippen LogP contribution in [0.4, 0.5) is 0 Å². The van der Waals surface area contributed by atoms with E-state index in [2.05, 4.69) is 0 Å². The second-order valence-corrected chi connectivity index (χ2v) is 3.41. The van der Waals surface area contributed by atoms with Crippen molar-refractivity contribution in [3.8, 4) is 11.5 Å². The maximum Gasteiger partial charge on any atom is 0.231 e. The number of carbonyl (C=O) groups excluding carboxylic acids is 1.